The quantitative estimate of drug-likeness (QED) is 0.641. The molecule has 1 heterocycles. The first kappa shape index (κ1) is 23.0. The van der Waals surface area contributed by atoms with Crippen LogP contribution in [-0.2, 0) is 10.9 Å². The third-order valence-corrected chi connectivity index (χ3v) is 4.80. The lowest BCUT2D eigenvalue weighted by molar-refractivity contribution is -0.137. The Morgan fingerprint density at radius 1 is 1.14 bits per heavy atom. The predicted molar refractivity (Wildman–Crippen MR) is 103 cm³/mol. The molecule has 0 radical (unpaired) electrons. The van der Waals surface area contributed by atoms with Crippen molar-refractivity contribution in [1.29, 1.82) is 5.26 Å². The zero-order chi connectivity index (χ0) is 21.7. The number of rotatable bonds is 5. The van der Waals surface area contributed by atoms with E-state index in [1.165, 1.54) is 12.1 Å². The number of benzene rings is 1. The Hall–Kier alpha value is -2.27. The van der Waals surface area contributed by atoms with Crippen molar-refractivity contribution in [3.63, 3.8) is 0 Å². The van der Waals surface area contributed by atoms with E-state index in [-0.39, 0.29) is 12.1 Å². The molecule has 2 rings (SSSR count). The van der Waals surface area contributed by atoms with Gasteiger partial charge in [0.25, 0.3) is 0 Å². The van der Waals surface area contributed by atoms with Crippen molar-refractivity contribution in [2.45, 2.75) is 57.9 Å². The molecule has 1 atom stereocenters. The summed E-state index contributed by atoms with van der Waals surface area (Å²) in [7, 11) is 0. The average molecular weight is 411 g/mol. The van der Waals surface area contributed by atoms with Gasteiger partial charge in [-0.1, -0.05) is 12.1 Å². The van der Waals surface area contributed by atoms with Crippen molar-refractivity contribution in [1.82, 2.24) is 9.80 Å². The number of halogens is 3. The number of hydrogen-bond donors (Lipinski definition) is 0. The molecular weight excluding hydrogens is 383 g/mol. The summed E-state index contributed by atoms with van der Waals surface area (Å²) in [6.07, 6.45) is -2.99. The number of unbranched alkanes of at least 4 members (excludes halogenated alkanes) is 1. The van der Waals surface area contributed by atoms with Crippen LogP contribution in [0.1, 0.15) is 57.2 Å². The van der Waals surface area contributed by atoms with E-state index in [0.717, 1.165) is 17.7 Å². The fourth-order valence-corrected chi connectivity index (χ4v) is 3.37. The minimum absolute atomic E-state index is 0.0913. The average Bonchev–Trinajstić information content (AvgIpc) is 2.64. The van der Waals surface area contributed by atoms with Crippen molar-refractivity contribution >= 4 is 6.09 Å². The molecule has 0 bridgehead atoms. The second kappa shape index (κ2) is 9.49. The molecule has 0 saturated carbocycles. The van der Waals surface area contributed by atoms with Gasteiger partial charge in [0, 0.05) is 38.6 Å². The van der Waals surface area contributed by atoms with Crippen molar-refractivity contribution in [2.24, 2.45) is 0 Å². The Kier molecular flexibility index (Phi) is 7.53. The number of carbonyl (C=O) groups is 1. The van der Waals surface area contributed by atoms with E-state index in [2.05, 4.69) is 11.0 Å². The van der Waals surface area contributed by atoms with Crippen LogP contribution >= 0.6 is 0 Å². The maximum Gasteiger partial charge on any atom is 0.416 e. The Morgan fingerprint density at radius 2 is 1.72 bits per heavy atom. The topological polar surface area (TPSA) is 56.6 Å². The number of piperazine rings is 1. The molecule has 0 aromatic heterocycles. The van der Waals surface area contributed by atoms with Crippen LogP contribution in [0.4, 0.5) is 18.0 Å². The van der Waals surface area contributed by atoms with E-state index < -0.39 is 17.3 Å². The van der Waals surface area contributed by atoms with Crippen LogP contribution in [0.5, 0.6) is 0 Å². The van der Waals surface area contributed by atoms with Gasteiger partial charge in [0.1, 0.15) is 5.60 Å². The second-order valence-electron chi connectivity index (χ2n) is 8.19. The SMILES string of the molecule is CC(C)(C)OC(=O)N1CCN(C(CCCC#N)c2ccc(C(F)(F)F)cc2)CC1. The van der Waals surface area contributed by atoms with Gasteiger partial charge in [-0.3, -0.25) is 4.90 Å². The molecule has 1 unspecified atom stereocenters. The molecular formula is C21H28F3N3O2. The first-order chi connectivity index (χ1) is 13.5. The maximum atomic E-state index is 12.9. The van der Waals surface area contributed by atoms with Gasteiger partial charge in [-0.05, 0) is 51.3 Å². The summed E-state index contributed by atoms with van der Waals surface area (Å²) in [6.45, 7) is 7.62. The van der Waals surface area contributed by atoms with Gasteiger partial charge in [0.2, 0.25) is 0 Å². The number of alkyl halides is 3. The normalized spacial score (nSPS) is 16.9. The summed E-state index contributed by atoms with van der Waals surface area (Å²) in [5, 5.41) is 8.83. The van der Waals surface area contributed by atoms with Gasteiger partial charge in [-0.25, -0.2) is 4.79 Å². The van der Waals surface area contributed by atoms with Gasteiger partial charge < -0.3 is 9.64 Å². The monoisotopic (exact) mass is 411 g/mol. The number of carbonyl (C=O) groups excluding carboxylic acids is 1. The summed E-state index contributed by atoms with van der Waals surface area (Å²) in [5.74, 6) is 0. The van der Waals surface area contributed by atoms with Crippen molar-refractivity contribution in [3.05, 3.63) is 35.4 Å². The standard InChI is InChI=1S/C21H28F3N3O2/c1-20(2,3)29-19(28)27-14-12-26(13-15-27)18(6-4-5-11-25)16-7-9-17(10-8-16)21(22,23)24/h7-10,18H,4-6,12-15H2,1-3H3. The van der Waals surface area contributed by atoms with E-state index >= 15 is 0 Å². The highest BCUT2D eigenvalue weighted by Gasteiger charge is 2.32. The largest absolute Gasteiger partial charge is 0.444 e. The van der Waals surface area contributed by atoms with Crippen molar-refractivity contribution in [3.8, 4) is 6.07 Å². The summed E-state index contributed by atoms with van der Waals surface area (Å²) in [4.78, 5) is 16.1. The van der Waals surface area contributed by atoms with E-state index in [9.17, 15) is 18.0 Å². The van der Waals surface area contributed by atoms with Gasteiger partial charge in [-0.15, -0.1) is 0 Å². The molecule has 1 aliphatic heterocycles. The predicted octanol–water partition coefficient (Wildman–Crippen LogP) is 4.99. The summed E-state index contributed by atoms with van der Waals surface area (Å²) in [6, 6.07) is 7.25. The van der Waals surface area contributed by atoms with Crippen LogP contribution in [0.15, 0.2) is 24.3 Å². The van der Waals surface area contributed by atoms with Crippen molar-refractivity contribution < 1.29 is 22.7 Å². The second-order valence-corrected chi connectivity index (χ2v) is 8.19. The minimum atomic E-state index is -4.37. The molecule has 0 N–H and O–H groups in total. The number of hydrogen-bond acceptors (Lipinski definition) is 4. The highest BCUT2D eigenvalue weighted by atomic mass is 19.4. The molecule has 5 nitrogen and oxygen atoms in total. The molecule has 8 heteroatoms. The molecule has 1 fully saturated rings. The van der Waals surface area contributed by atoms with E-state index in [0.29, 0.717) is 45.4 Å². The zero-order valence-electron chi connectivity index (χ0n) is 17.1. The Bertz CT molecular complexity index is 713. The number of nitriles is 1. The summed E-state index contributed by atoms with van der Waals surface area (Å²) < 4.78 is 44.0. The van der Waals surface area contributed by atoms with Crippen LogP contribution in [0, 0.1) is 11.3 Å². The first-order valence-electron chi connectivity index (χ1n) is 9.77. The molecule has 1 saturated heterocycles. The lowest BCUT2D eigenvalue weighted by atomic mass is 9.97. The summed E-state index contributed by atoms with van der Waals surface area (Å²) in [5.41, 5.74) is -0.442. The number of ether oxygens (including phenoxy) is 1. The van der Waals surface area contributed by atoms with Gasteiger partial charge in [0.15, 0.2) is 0 Å². The number of nitrogens with zero attached hydrogens (tertiary/aromatic N) is 3. The van der Waals surface area contributed by atoms with Gasteiger partial charge >= 0.3 is 12.3 Å². The fourth-order valence-electron chi connectivity index (χ4n) is 3.37. The molecule has 1 aromatic rings. The highest BCUT2D eigenvalue weighted by molar-refractivity contribution is 5.68. The minimum Gasteiger partial charge on any atom is -0.444 e. The van der Waals surface area contributed by atoms with Crippen molar-refractivity contribution in [2.75, 3.05) is 26.2 Å². The third kappa shape index (κ3) is 6.93. The smallest absolute Gasteiger partial charge is 0.416 e. The molecule has 0 aliphatic carbocycles. The highest BCUT2D eigenvalue weighted by Crippen LogP contribution is 2.32. The Labute approximate surface area is 170 Å². The Morgan fingerprint density at radius 3 is 2.21 bits per heavy atom. The molecule has 160 valence electrons. The number of amides is 1. The molecule has 1 amide bonds. The maximum absolute atomic E-state index is 12.9. The lowest BCUT2D eigenvalue weighted by Gasteiger charge is -2.40. The fraction of sp³-hybridized carbons (Fsp3) is 0.619. The van der Waals surface area contributed by atoms with Crippen LogP contribution < -0.4 is 0 Å². The van der Waals surface area contributed by atoms with Crippen LogP contribution in [0.2, 0.25) is 0 Å². The molecule has 0 spiro atoms. The van der Waals surface area contributed by atoms with Crippen LogP contribution in [0.3, 0.4) is 0 Å². The van der Waals surface area contributed by atoms with Crippen LogP contribution in [0.25, 0.3) is 0 Å². The summed E-state index contributed by atoms with van der Waals surface area (Å²) >= 11 is 0. The van der Waals surface area contributed by atoms with Gasteiger partial charge in [-0.2, -0.15) is 18.4 Å². The van der Waals surface area contributed by atoms with Gasteiger partial charge in [0.05, 0.1) is 11.6 Å². The molecule has 1 aromatic carbocycles. The van der Waals surface area contributed by atoms with Crippen LogP contribution in [-0.4, -0.2) is 47.7 Å². The van der Waals surface area contributed by atoms with E-state index in [1.54, 1.807) is 4.90 Å². The molecule has 1 aliphatic rings. The van der Waals surface area contributed by atoms with E-state index in [4.69, 9.17) is 10.00 Å². The molecule has 29 heavy (non-hydrogen) atoms. The van der Waals surface area contributed by atoms with E-state index in [1.807, 2.05) is 20.8 Å². The first-order valence-corrected chi connectivity index (χ1v) is 9.77. The Balaban J connectivity index is 2.07. The zero-order valence-corrected chi connectivity index (χ0v) is 17.1. The third-order valence-electron chi connectivity index (χ3n) is 4.80. The lowest BCUT2D eigenvalue weighted by Crippen LogP contribution is -2.50.